The quantitative estimate of drug-likeness (QED) is 0.464. The van der Waals surface area contributed by atoms with Crippen LogP contribution in [0.25, 0.3) is 0 Å². The smallest absolute Gasteiger partial charge is 0.326 e. The van der Waals surface area contributed by atoms with Gasteiger partial charge in [0.05, 0.1) is 6.04 Å². The Kier molecular flexibility index (Phi) is 3.02. The van der Waals surface area contributed by atoms with Crippen LogP contribution in [-0.2, 0) is 14.9 Å². The minimum atomic E-state index is -4.64. The maximum absolute atomic E-state index is 10.7. The number of aliphatic carboxylic acids is 1. The fourth-order valence-corrected chi connectivity index (χ4v) is 2.91. The predicted octanol–water partition coefficient (Wildman–Crippen LogP) is -1.03. The van der Waals surface area contributed by atoms with Gasteiger partial charge < -0.3 is 10.4 Å². The molecule has 9 heteroatoms. The number of thioether (sulfide) groups is 1. The van der Waals surface area contributed by atoms with E-state index in [1.54, 1.807) is 0 Å². The second kappa shape index (κ2) is 3.75. The summed E-state index contributed by atoms with van der Waals surface area (Å²) in [6, 6.07) is -0.958. The molecular formula is C5H8N2O5S2. The van der Waals surface area contributed by atoms with E-state index in [0.717, 1.165) is 11.8 Å². The molecule has 2 atom stereocenters. The second-order valence-corrected chi connectivity index (χ2v) is 5.23. The lowest BCUT2D eigenvalue weighted by molar-refractivity contribution is -0.136. The summed E-state index contributed by atoms with van der Waals surface area (Å²) in [7, 11) is -4.64. The van der Waals surface area contributed by atoms with E-state index in [1.807, 2.05) is 0 Å². The van der Waals surface area contributed by atoms with Crippen LogP contribution in [0, 0.1) is 5.41 Å². The Morgan fingerprint density at radius 3 is 2.57 bits per heavy atom. The number of amidine groups is 1. The Hall–Kier alpha value is -0.800. The van der Waals surface area contributed by atoms with Gasteiger partial charge >= 0.3 is 5.97 Å². The topological polar surface area (TPSA) is 128 Å². The number of carboxylic acids is 1. The molecule has 0 spiro atoms. The molecule has 1 saturated heterocycles. The van der Waals surface area contributed by atoms with Crippen molar-refractivity contribution in [2.45, 2.75) is 11.3 Å². The van der Waals surface area contributed by atoms with Gasteiger partial charge in [0.2, 0.25) is 5.25 Å². The minimum absolute atomic E-state index is 0.00454. The third-order valence-electron chi connectivity index (χ3n) is 1.65. The van der Waals surface area contributed by atoms with Gasteiger partial charge in [0.15, 0.2) is 5.17 Å². The van der Waals surface area contributed by atoms with E-state index in [2.05, 4.69) is 5.32 Å². The summed E-state index contributed by atoms with van der Waals surface area (Å²) in [5.74, 6) is -1.49. The maximum atomic E-state index is 10.7. The van der Waals surface area contributed by atoms with Crippen LogP contribution < -0.4 is 5.32 Å². The number of hydrogen-bond donors (Lipinski definition) is 4. The van der Waals surface area contributed by atoms with E-state index in [0.29, 0.717) is 0 Å². The zero-order valence-electron chi connectivity index (χ0n) is 6.80. The highest BCUT2D eigenvalue weighted by atomic mass is 32.2. The molecule has 4 N–H and O–H groups in total. The van der Waals surface area contributed by atoms with Crippen LogP contribution in [0.4, 0.5) is 0 Å². The molecule has 1 rings (SSSR count). The molecule has 1 aliphatic heterocycles. The largest absolute Gasteiger partial charge is 0.480 e. The lowest BCUT2D eigenvalue weighted by Gasteiger charge is -2.15. The molecular weight excluding hydrogens is 232 g/mol. The van der Waals surface area contributed by atoms with Crippen molar-refractivity contribution in [1.29, 1.82) is 5.41 Å². The Balaban J connectivity index is 2.90. The summed E-state index contributed by atoms with van der Waals surface area (Å²) in [4.78, 5) is 10.6. The van der Waals surface area contributed by atoms with Gasteiger partial charge in [-0.15, -0.1) is 0 Å². The molecule has 0 aliphatic carbocycles. The minimum Gasteiger partial charge on any atom is -0.480 e. The first-order chi connectivity index (χ1) is 6.32. The summed E-state index contributed by atoms with van der Waals surface area (Å²) in [6.45, 7) is 0. The highest BCUT2D eigenvalue weighted by molar-refractivity contribution is 8.14. The van der Waals surface area contributed by atoms with Crippen molar-refractivity contribution in [2.24, 2.45) is 0 Å². The highest BCUT2D eigenvalue weighted by Crippen LogP contribution is 2.18. The second-order valence-electron chi connectivity index (χ2n) is 2.66. The van der Waals surface area contributed by atoms with Gasteiger partial charge in [0.1, 0.15) is 0 Å². The van der Waals surface area contributed by atoms with Crippen LogP contribution in [0.3, 0.4) is 0 Å². The SMILES string of the molecule is N=C1NC(C(C(=O)O)S(=O)(=O)O)CS1. The van der Waals surface area contributed by atoms with E-state index < -0.39 is 27.4 Å². The maximum Gasteiger partial charge on any atom is 0.326 e. The molecule has 80 valence electrons. The zero-order chi connectivity index (χ0) is 10.9. The van der Waals surface area contributed by atoms with E-state index in [-0.39, 0.29) is 10.9 Å². The fourth-order valence-electron chi connectivity index (χ4n) is 1.10. The van der Waals surface area contributed by atoms with Crippen LogP contribution in [0.15, 0.2) is 0 Å². The lowest BCUT2D eigenvalue weighted by atomic mass is 10.2. The number of rotatable bonds is 3. The van der Waals surface area contributed by atoms with Crippen molar-refractivity contribution in [1.82, 2.24) is 5.32 Å². The van der Waals surface area contributed by atoms with Gasteiger partial charge in [-0.05, 0) is 0 Å². The number of carboxylic acid groups (broad SMARTS) is 1. The van der Waals surface area contributed by atoms with Crippen LogP contribution in [-0.4, -0.2) is 46.3 Å². The van der Waals surface area contributed by atoms with E-state index in [1.165, 1.54) is 0 Å². The number of carbonyl (C=O) groups is 1. The Bertz CT molecular complexity index is 364. The van der Waals surface area contributed by atoms with Crippen molar-refractivity contribution in [3.8, 4) is 0 Å². The zero-order valence-corrected chi connectivity index (χ0v) is 8.43. The monoisotopic (exact) mass is 240 g/mol. The summed E-state index contributed by atoms with van der Waals surface area (Å²) in [5, 5.41) is 16.2. The molecule has 1 heterocycles. The Labute approximate surface area is 84.1 Å². The molecule has 14 heavy (non-hydrogen) atoms. The standard InChI is InChI=1S/C5H8N2O5S2/c6-5-7-2(1-13-5)3(4(8)9)14(10,11)12/h2-3H,1H2,(H2,6,7)(H,8,9)(H,10,11,12). The van der Waals surface area contributed by atoms with Crippen molar-refractivity contribution in [3.63, 3.8) is 0 Å². The van der Waals surface area contributed by atoms with Crippen LogP contribution in [0.2, 0.25) is 0 Å². The van der Waals surface area contributed by atoms with E-state index in [9.17, 15) is 13.2 Å². The van der Waals surface area contributed by atoms with Gasteiger partial charge in [-0.1, -0.05) is 11.8 Å². The first kappa shape index (κ1) is 11.3. The van der Waals surface area contributed by atoms with Gasteiger partial charge in [-0.25, -0.2) is 0 Å². The number of nitrogens with one attached hydrogen (secondary N) is 2. The van der Waals surface area contributed by atoms with E-state index >= 15 is 0 Å². The molecule has 0 saturated carbocycles. The molecule has 0 aromatic heterocycles. The fraction of sp³-hybridized carbons (Fsp3) is 0.600. The summed E-state index contributed by atoms with van der Waals surface area (Å²) >= 11 is 1.00. The van der Waals surface area contributed by atoms with Crippen LogP contribution in [0.1, 0.15) is 0 Å². The third kappa shape index (κ3) is 2.36. The predicted molar refractivity (Wildman–Crippen MR) is 50.1 cm³/mol. The van der Waals surface area contributed by atoms with Crippen molar-refractivity contribution < 1.29 is 22.9 Å². The molecule has 0 bridgehead atoms. The van der Waals surface area contributed by atoms with Gasteiger partial charge in [-0.2, -0.15) is 8.42 Å². The highest BCUT2D eigenvalue weighted by Gasteiger charge is 2.41. The molecule has 1 aliphatic rings. The number of hydrogen-bond acceptors (Lipinski definition) is 5. The molecule has 0 amide bonds. The first-order valence-corrected chi connectivity index (χ1v) is 5.98. The summed E-state index contributed by atoms with van der Waals surface area (Å²) < 4.78 is 30.1. The normalized spacial score (nSPS) is 24.4. The molecule has 2 unspecified atom stereocenters. The molecule has 0 aromatic carbocycles. The summed E-state index contributed by atoms with van der Waals surface area (Å²) in [6.07, 6.45) is 0. The Morgan fingerprint density at radius 1 is 1.71 bits per heavy atom. The molecule has 7 nitrogen and oxygen atoms in total. The average molecular weight is 240 g/mol. The van der Waals surface area contributed by atoms with Crippen molar-refractivity contribution >= 4 is 33.0 Å². The van der Waals surface area contributed by atoms with Gasteiger partial charge in [-0.3, -0.25) is 14.8 Å². The Morgan fingerprint density at radius 2 is 2.29 bits per heavy atom. The van der Waals surface area contributed by atoms with Gasteiger partial charge in [0, 0.05) is 5.75 Å². The van der Waals surface area contributed by atoms with Crippen molar-refractivity contribution in [2.75, 3.05) is 5.75 Å². The first-order valence-electron chi connectivity index (χ1n) is 3.49. The third-order valence-corrected chi connectivity index (χ3v) is 3.76. The van der Waals surface area contributed by atoms with Gasteiger partial charge in [0.25, 0.3) is 10.1 Å². The summed E-state index contributed by atoms with van der Waals surface area (Å²) in [5.41, 5.74) is 0. The molecule has 0 aromatic rings. The molecule has 1 fully saturated rings. The van der Waals surface area contributed by atoms with E-state index in [4.69, 9.17) is 15.1 Å². The van der Waals surface area contributed by atoms with Crippen molar-refractivity contribution in [3.05, 3.63) is 0 Å². The van der Waals surface area contributed by atoms with Crippen LogP contribution in [0.5, 0.6) is 0 Å². The average Bonchev–Trinajstić information content (AvgIpc) is 2.31. The molecule has 0 radical (unpaired) electrons. The van der Waals surface area contributed by atoms with Crippen LogP contribution >= 0.6 is 11.8 Å². The lowest BCUT2D eigenvalue weighted by Crippen LogP contribution is -2.47.